The van der Waals surface area contributed by atoms with Crippen molar-refractivity contribution in [1.29, 1.82) is 0 Å². The zero-order valence-electron chi connectivity index (χ0n) is 12.2. The maximum atomic E-state index is 12.4. The Kier molecular flexibility index (Phi) is 5.76. The molecule has 0 aromatic heterocycles. The van der Waals surface area contributed by atoms with Crippen LogP contribution in [0.2, 0.25) is 0 Å². The fourth-order valence-electron chi connectivity index (χ4n) is 2.05. The lowest BCUT2D eigenvalue weighted by Gasteiger charge is -2.32. The third-order valence-electron chi connectivity index (χ3n) is 3.36. The van der Waals surface area contributed by atoms with E-state index < -0.39 is 16.3 Å². The summed E-state index contributed by atoms with van der Waals surface area (Å²) in [5.74, 6) is -0.190. The Morgan fingerprint density at radius 3 is 2.11 bits per heavy atom. The predicted molar refractivity (Wildman–Crippen MR) is 74.8 cm³/mol. The van der Waals surface area contributed by atoms with Gasteiger partial charge in [0, 0.05) is 27.2 Å². The van der Waals surface area contributed by atoms with Crippen molar-refractivity contribution in [3.8, 4) is 0 Å². The molecule has 0 aromatic carbocycles. The summed E-state index contributed by atoms with van der Waals surface area (Å²) in [7, 11) is -0.691. The van der Waals surface area contributed by atoms with Gasteiger partial charge in [-0.05, 0) is 25.2 Å². The van der Waals surface area contributed by atoms with Gasteiger partial charge in [-0.2, -0.15) is 17.4 Å². The van der Waals surface area contributed by atoms with Gasteiger partial charge in [0.2, 0.25) is 5.91 Å². The highest BCUT2D eigenvalue weighted by molar-refractivity contribution is 7.87. The lowest BCUT2D eigenvalue weighted by molar-refractivity contribution is -0.134. The summed E-state index contributed by atoms with van der Waals surface area (Å²) >= 11 is 0. The zero-order chi connectivity index (χ0) is 14.6. The highest BCUT2D eigenvalue weighted by Crippen LogP contribution is 2.14. The fraction of sp³-hybridized carbons (Fsp3) is 0.917. The summed E-state index contributed by atoms with van der Waals surface area (Å²) in [6, 6.07) is -0.689. The molecule has 0 bridgehead atoms. The molecule has 19 heavy (non-hydrogen) atoms. The molecule has 1 heterocycles. The van der Waals surface area contributed by atoms with Gasteiger partial charge in [0.1, 0.15) is 6.04 Å². The molecule has 1 N–H and O–H groups in total. The third-order valence-corrected chi connectivity index (χ3v) is 4.87. The van der Waals surface area contributed by atoms with E-state index in [9.17, 15) is 13.2 Å². The number of hydrogen-bond donors (Lipinski definition) is 1. The van der Waals surface area contributed by atoms with Crippen LogP contribution in [0, 0.1) is 5.92 Å². The second kappa shape index (κ2) is 6.67. The third kappa shape index (κ3) is 4.43. The second-order valence-electron chi connectivity index (χ2n) is 5.51. The van der Waals surface area contributed by atoms with Crippen molar-refractivity contribution in [2.24, 2.45) is 5.92 Å². The number of nitrogens with zero attached hydrogens (tertiary/aromatic N) is 2. The van der Waals surface area contributed by atoms with Crippen LogP contribution in [0.3, 0.4) is 0 Å². The summed E-state index contributed by atoms with van der Waals surface area (Å²) in [6.07, 6.45) is 3.13. The molecular formula is C12H25N3O3S. The van der Waals surface area contributed by atoms with Crippen LogP contribution in [0.15, 0.2) is 0 Å². The van der Waals surface area contributed by atoms with Crippen molar-refractivity contribution in [3.63, 3.8) is 0 Å². The monoisotopic (exact) mass is 291 g/mol. The standard InChI is InChI=1S/C12H25N3O3S/c1-10(2)11(13-19(17,18)14(3)4)12(16)15-8-6-5-7-9-15/h10-11,13H,5-9H2,1-4H3/t11-/m0/s1. The number of rotatable bonds is 5. The number of piperidine rings is 1. The number of likely N-dealkylation sites (tertiary alicyclic amines) is 1. The Morgan fingerprint density at radius 1 is 1.16 bits per heavy atom. The van der Waals surface area contributed by atoms with Crippen molar-refractivity contribution >= 4 is 16.1 Å². The molecule has 1 fully saturated rings. The number of nitrogens with one attached hydrogen (secondary N) is 1. The van der Waals surface area contributed by atoms with Crippen LogP contribution < -0.4 is 4.72 Å². The molecule has 1 rings (SSSR count). The average molecular weight is 291 g/mol. The Bertz CT molecular complexity index is 400. The molecule has 0 radical (unpaired) electrons. The highest BCUT2D eigenvalue weighted by Gasteiger charge is 2.32. The van der Waals surface area contributed by atoms with Crippen molar-refractivity contribution in [3.05, 3.63) is 0 Å². The lowest BCUT2D eigenvalue weighted by atomic mass is 10.0. The van der Waals surface area contributed by atoms with E-state index in [0.717, 1.165) is 36.7 Å². The van der Waals surface area contributed by atoms with Crippen molar-refractivity contribution in [1.82, 2.24) is 13.9 Å². The first-order valence-corrected chi connectivity index (χ1v) is 8.18. The summed E-state index contributed by atoms with van der Waals surface area (Å²) in [4.78, 5) is 14.2. The Balaban J connectivity index is 2.80. The fourth-order valence-corrected chi connectivity index (χ4v) is 2.95. The molecule has 0 unspecified atom stereocenters. The van der Waals surface area contributed by atoms with E-state index in [4.69, 9.17) is 0 Å². The van der Waals surface area contributed by atoms with Crippen LogP contribution in [0.4, 0.5) is 0 Å². The first-order chi connectivity index (χ1) is 8.75. The van der Waals surface area contributed by atoms with Gasteiger partial charge in [-0.1, -0.05) is 13.8 Å². The maximum Gasteiger partial charge on any atom is 0.279 e. The van der Waals surface area contributed by atoms with E-state index in [-0.39, 0.29) is 11.8 Å². The van der Waals surface area contributed by atoms with Crippen molar-refractivity contribution in [2.45, 2.75) is 39.2 Å². The Hall–Kier alpha value is -0.660. The molecule has 1 atom stereocenters. The smallest absolute Gasteiger partial charge is 0.279 e. The van der Waals surface area contributed by atoms with E-state index >= 15 is 0 Å². The minimum Gasteiger partial charge on any atom is -0.341 e. The molecule has 6 nitrogen and oxygen atoms in total. The van der Waals surface area contributed by atoms with Crippen molar-refractivity contribution in [2.75, 3.05) is 27.2 Å². The number of amides is 1. The quantitative estimate of drug-likeness (QED) is 0.798. The first-order valence-electron chi connectivity index (χ1n) is 6.74. The van der Waals surface area contributed by atoms with Crippen LogP contribution in [-0.4, -0.2) is 56.8 Å². The summed E-state index contributed by atoms with van der Waals surface area (Å²) in [6.45, 7) is 5.16. The number of carbonyl (C=O) groups excluding carboxylic acids is 1. The van der Waals surface area contributed by atoms with Crippen LogP contribution in [0.5, 0.6) is 0 Å². The number of carbonyl (C=O) groups is 1. The van der Waals surface area contributed by atoms with E-state index in [0.29, 0.717) is 0 Å². The SMILES string of the molecule is CC(C)[C@H](NS(=O)(=O)N(C)C)C(=O)N1CCCCC1. The second-order valence-corrected chi connectivity index (χ2v) is 7.43. The topological polar surface area (TPSA) is 69.7 Å². The van der Waals surface area contributed by atoms with Gasteiger partial charge in [0.15, 0.2) is 0 Å². The van der Waals surface area contributed by atoms with Gasteiger partial charge >= 0.3 is 0 Å². The van der Waals surface area contributed by atoms with Crippen LogP contribution in [-0.2, 0) is 15.0 Å². The van der Waals surface area contributed by atoms with Gasteiger partial charge in [0.25, 0.3) is 10.2 Å². The molecule has 7 heteroatoms. The van der Waals surface area contributed by atoms with Gasteiger partial charge in [0.05, 0.1) is 0 Å². The summed E-state index contributed by atoms with van der Waals surface area (Å²) in [5.41, 5.74) is 0. The van der Waals surface area contributed by atoms with Gasteiger partial charge in [-0.3, -0.25) is 4.79 Å². The van der Waals surface area contributed by atoms with Crippen molar-refractivity contribution < 1.29 is 13.2 Å². The van der Waals surface area contributed by atoms with Crippen LogP contribution in [0.25, 0.3) is 0 Å². The molecule has 1 amide bonds. The minimum atomic E-state index is -3.59. The molecule has 0 spiro atoms. The minimum absolute atomic E-state index is 0.0795. The molecule has 0 aliphatic carbocycles. The molecule has 0 saturated carbocycles. The van der Waals surface area contributed by atoms with E-state index in [1.165, 1.54) is 14.1 Å². The molecule has 1 saturated heterocycles. The molecule has 1 aliphatic rings. The molecular weight excluding hydrogens is 266 g/mol. The predicted octanol–water partition coefficient (Wildman–Crippen LogP) is 0.420. The van der Waals surface area contributed by atoms with E-state index in [2.05, 4.69) is 4.72 Å². The maximum absolute atomic E-state index is 12.4. The highest BCUT2D eigenvalue weighted by atomic mass is 32.2. The Morgan fingerprint density at radius 2 is 1.68 bits per heavy atom. The molecule has 0 aromatic rings. The first kappa shape index (κ1) is 16.4. The lowest BCUT2D eigenvalue weighted by Crippen LogP contribution is -2.54. The summed E-state index contributed by atoms with van der Waals surface area (Å²) in [5, 5.41) is 0. The normalized spacial score (nSPS) is 18.9. The van der Waals surface area contributed by atoms with Crippen LogP contribution in [0.1, 0.15) is 33.1 Å². The summed E-state index contributed by atoms with van der Waals surface area (Å²) < 4.78 is 27.3. The number of hydrogen-bond acceptors (Lipinski definition) is 3. The van der Waals surface area contributed by atoms with E-state index in [1.54, 1.807) is 4.90 Å². The largest absolute Gasteiger partial charge is 0.341 e. The van der Waals surface area contributed by atoms with Gasteiger partial charge in [-0.15, -0.1) is 0 Å². The van der Waals surface area contributed by atoms with Gasteiger partial charge < -0.3 is 4.90 Å². The molecule has 112 valence electrons. The van der Waals surface area contributed by atoms with Crippen LogP contribution >= 0.6 is 0 Å². The molecule has 1 aliphatic heterocycles. The van der Waals surface area contributed by atoms with E-state index in [1.807, 2.05) is 13.8 Å². The average Bonchev–Trinajstić information content (AvgIpc) is 2.35. The Labute approximate surface area is 116 Å². The zero-order valence-corrected chi connectivity index (χ0v) is 13.0. The van der Waals surface area contributed by atoms with Gasteiger partial charge in [-0.25, -0.2) is 0 Å².